The minimum absolute atomic E-state index is 0.119. The van der Waals surface area contributed by atoms with Gasteiger partial charge >= 0.3 is 0 Å². The van der Waals surface area contributed by atoms with Crippen LogP contribution >= 0.6 is 27.3 Å². The van der Waals surface area contributed by atoms with Gasteiger partial charge in [-0.1, -0.05) is 12.1 Å². The molecule has 0 aliphatic heterocycles. The highest BCUT2D eigenvalue weighted by molar-refractivity contribution is 9.11. The first-order valence-corrected chi connectivity index (χ1v) is 7.11. The van der Waals surface area contributed by atoms with Gasteiger partial charge < -0.3 is 10.4 Å². The summed E-state index contributed by atoms with van der Waals surface area (Å²) < 4.78 is 0.936. The number of aliphatic hydroxyl groups excluding tert-OH is 1. The molecule has 2 aromatic rings. The summed E-state index contributed by atoms with van der Waals surface area (Å²) in [6.45, 7) is 0.134. The summed E-state index contributed by atoms with van der Waals surface area (Å²) in [5, 5.41) is 13.4. The number of carbonyl (C=O) groups excluding carboxylic acids is 1. The lowest BCUT2D eigenvalue weighted by molar-refractivity contribution is 0.102. The lowest BCUT2D eigenvalue weighted by atomic mass is 10.1. The molecule has 18 heavy (non-hydrogen) atoms. The molecule has 0 bridgehead atoms. The summed E-state index contributed by atoms with van der Waals surface area (Å²) in [6, 6.07) is 9.26. The molecule has 3 nitrogen and oxygen atoms in total. The molecule has 0 aliphatic rings. The molecule has 0 radical (unpaired) electrons. The highest BCUT2D eigenvalue weighted by atomic mass is 79.9. The molecule has 94 valence electrons. The molecule has 2 rings (SSSR count). The van der Waals surface area contributed by atoms with Crippen LogP contribution < -0.4 is 5.32 Å². The number of amides is 1. The van der Waals surface area contributed by atoms with E-state index in [4.69, 9.17) is 5.11 Å². The summed E-state index contributed by atoms with van der Waals surface area (Å²) in [5.74, 6) is -0.119. The van der Waals surface area contributed by atoms with Gasteiger partial charge in [0.05, 0.1) is 9.35 Å². The summed E-state index contributed by atoms with van der Waals surface area (Å²) in [7, 11) is 0. The van der Waals surface area contributed by atoms with Crippen molar-refractivity contribution in [1.82, 2.24) is 0 Å². The van der Waals surface area contributed by atoms with Crippen molar-refractivity contribution in [3.63, 3.8) is 0 Å². The van der Waals surface area contributed by atoms with Gasteiger partial charge in [0, 0.05) is 17.7 Å². The van der Waals surface area contributed by atoms with E-state index in [9.17, 15) is 4.79 Å². The normalized spacial score (nSPS) is 10.3. The molecular formula is C13H12BrNO2S. The van der Waals surface area contributed by atoms with Crippen molar-refractivity contribution in [3.05, 3.63) is 50.6 Å². The number of benzene rings is 1. The zero-order valence-electron chi connectivity index (χ0n) is 9.52. The van der Waals surface area contributed by atoms with Crippen molar-refractivity contribution in [2.24, 2.45) is 0 Å². The van der Waals surface area contributed by atoms with Gasteiger partial charge in [-0.2, -0.15) is 0 Å². The number of anilines is 1. The molecule has 1 heterocycles. The topological polar surface area (TPSA) is 49.3 Å². The second-order valence-electron chi connectivity index (χ2n) is 3.76. The lowest BCUT2D eigenvalue weighted by Crippen LogP contribution is -2.10. The predicted octanol–water partition coefficient (Wildman–Crippen LogP) is 3.30. The van der Waals surface area contributed by atoms with E-state index < -0.39 is 0 Å². The Morgan fingerprint density at radius 2 is 2.06 bits per heavy atom. The molecular weight excluding hydrogens is 314 g/mol. The zero-order chi connectivity index (χ0) is 13.0. The van der Waals surface area contributed by atoms with Crippen molar-refractivity contribution < 1.29 is 9.90 Å². The molecule has 5 heteroatoms. The number of carbonyl (C=O) groups is 1. The Hall–Kier alpha value is -1.17. The van der Waals surface area contributed by atoms with Crippen LogP contribution in [0.15, 0.2) is 39.5 Å². The van der Waals surface area contributed by atoms with E-state index in [1.807, 2.05) is 24.3 Å². The van der Waals surface area contributed by atoms with Crippen LogP contribution in [0.1, 0.15) is 15.9 Å². The molecule has 0 aliphatic carbocycles. The van der Waals surface area contributed by atoms with Crippen LogP contribution in [0.25, 0.3) is 0 Å². The van der Waals surface area contributed by atoms with Crippen LogP contribution in [0.4, 0.5) is 5.69 Å². The van der Waals surface area contributed by atoms with Crippen molar-refractivity contribution >= 4 is 38.9 Å². The van der Waals surface area contributed by atoms with Crippen molar-refractivity contribution in [2.75, 3.05) is 11.9 Å². The lowest BCUT2D eigenvalue weighted by Gasteiger charge is -2.05. The summed E-state index contributed by atoms with van der Waals surface area (Å²) in [5.41, 5.74) is 2.45. The van der Waals surface area contributed by atoms with E-state index in [-0.39, 0.29) is 12.5 Å². The van der Waals surface area contributed by atoms with Crippen LogP contribution in [-0.4, -0.2) is 17.6 Å². The number of nitrogens with one attached hydrogen (secondary N) is 1. The number of halogens is 1. The monoisotopic (exact) mass is 325 g/mol. The Labute approximate surface area is 118 Å². The standard InChI is InChI=1S/C13H12BrNO2S/c14-12-7-10(8-18-12)13(17)15-11-3-1-9(2-4-11)5-6-16/h1-4,7-8,16H,5-6H2,(H,15,17). The third-order valence-corrected chi connectivity index (χ3v) is 3.95. The first kappa shape index (κ1) is 13.3. The average molecular weight is 326 g/mol. The van der Waals surface area contributed by atoms with E-state index in [0.717, 1.165) is 15.0 Å². The maximum atomic E-state index is 11.9. The minimum Gasteiger partial charge on any atom is -0.396 e. The summed E-state index contributed by atoms with van der Waals surface area (Å²) in [6.07, 6.45) is 0.631. The van der Waals surface area contributed by atoms with Gasteiger partial charge in [0.15, 0.2) is 0 Å². The van der Waals surface area contributed by atoms with E-state index in [1.54, 1.807) is 11.4 Å². The van der Waals surface area contributed by atoms with Crippen LogP contribution in [-0.2, 0) is 6.42 Å². The van der Waals surface area contributed by atoms with E-state index in [1.165, 1.54) is 11.3 Å². The molecule has 0 spiro atoms. The van der Waals surface area contributed by atoms with Crippen molar-refractivity contribution in [3.8, 4) is 0 Å². The van der Waals surface area contributed by atoms with Gasteiger partial charge in [-0.15, -0.1) is 11.3 Å². The number of hydrogen-bond acceptors (Lipinski definition) is 3. The SMILES string of the molecule is O=C(Nc1ccc(CCO)cc1)c1csc(Br)c1. The predicted molar refractivity (Wildman–Crippen MR) is 77.2 cm³/mol. The Balaban J connectivity index is 2.03. The highest BCUT2D eigenvalue weighted by Crippen LogP contribution is 2.21. The average Bonchev–Trinajstić information content (AvgIpc) is 2.79. The number of rotatable bonds is 4. The first-order valence-electron chi connectivity index (χ1n) is 5.44. The van der Waals surface area contributed by atoms with Crippen molar-refractivity contribution in [1.29, 1.82) is 0 Å². The number of hydrogen-bond donors (Lipinski definition) is 2. The van der Waals surface area contributed by atoms with Gasteiger partial charge in [-0.25, -0.2) is 0 Å². The van der Waals surface area contributed by atoms with Crippen LogP contribution in [0.2, 0.25) is 0 Å². The molecule has 0 unspecified atom stereocenters. The Morgan fingerprint density at radius 3 is 2.61 bits per heavy atom. The van der Waals surface area contributed by atoms with Gasteiger partial charge in [0.1, 0.15) is 0 Å². The number of aliphatic hydroxyl groups is 1. The molecule has 1 aromatic heterocycles. The summed E-state index contributed by atoms with van der Waals surface area (Å²) >= 11 is 4.81. The smallest absolute Gasteiger partial charge is 0.256 e. The summed E-state index contributed by atoms with van der Waals surface area (Å²) in [4.78, 5) is 11.9. The van der Waals surface area contributed by atoms with Crippen LogP contribution in [0.5, 0.6) is 0 Å². The molecule has 0 saturated heterocycles. The second kappa shape index (κ2) is 6.13. The Morgan fingerprint density at radius 1 is 1.33 bits per heavy atom. The van der Waals surface area contributed by atoms with Gasteiger partial charge in [0.2, 0.25) is 0 Å². The van der Waals surface area contributed by atoms with E-state index >= 15 is 0 Å². The zero-order valence-corrected chi connectivity index (χ0v) is 11.9. The van der Waals surface area contributed by atoms with Gasteiger partial charge in [0.25, 0.3) is 5.91 Å². The third-order valence-electron chi connectivity index (χ3n) is 2.44. The second-order valence-corrected chi connectivity index (χ2v) is 6.05. The maximum Gasteiger partial charge on any atom is 0.256 e. The van der Waals surface area contributed by atoms with E-state index in [2.05, 4.69) is 21.2 Å². The first-order chi connectivity index (χ1) is 8.69. The van der Waals surface area contributed by atoms with E-state index in [0.29, 0.717) is 12.0 Å². The van der Waals surface area contributed by atoms with Crippen LogP contribution in [0.3, 0.4) is 0 Å². The Kier molecular flexibility index (Phi) is 4.52. The Bertz CT molecular complexity index is 536. The third kappa shape index (κ3) is 3.41. The fourth-order valence-corrected chi connectivity index (χ4v) is 2.65. The molecule has 1 amide bonds. The molecule has 1 aromatic carbocycles. The largest absolute Gasteiger partial charge is 0.396 e. The molecule has 0 saturated carbocycles. The fourth-order valence-electron chi connectivity index (χ4n) is 1.52. The minimum atomic E-state index is -0.119. The molecule has 0 atom stereocenters. The van der Waals surface area contributed by atoms with Crippen LogP contribution in [0, 0.1) is 0 Å². The maximum absolute atomic E-state index is 11.9. The van der Waals surface area contributed by atoms with Crippen molar-refractivity contribution in [2.45, 2.75) is 6.42 Å². The highest BCUT2D eigenvalue weighted by Gasteiger charge is 2.07. The number of thiophene rings is 1. The quantitative estimate of drug-likeness (QED) is 0.906. The fraction of sp³-hybridized carbons (Fsp3) is 0.154. The van der Waals surface area contributed by atoms with Gasteiger partial charge in [-0.05, 0) is 46.1 Å². The molecule has 0 fully saturated rings. The molecule has 2 N–H and O–H groups in total. The van der Waals surface area contributed by atoms with Gasteiger partial charge in [-0.3, -0.25) is 4.79 Å².